The molecule has 0 bridgehead atoms. The van der Waals surface area contributed by atoms with E-state index in [0.29, 0.717) is 28.4 Å². The fourth-order valence-corrected chi connectivity index (χ4v) is 5.92. The third-order valence-electron chi connectivity index (χ3n) is 6.01. The standard InChI is InChI=1S/C26H23N3O4S/c1-17-8-7-9-18(14-17)29-24(31)16-34-26(29)19-10-3-5-12-21(19)28(25(26)32)15-23(30)27-20-11-4-6-13-22(20)33-2/h3-14H,15-16H2,1-2H3,(H,27,30)/t26-/m1/s1. The van der Waals surface area contributed by atoms with Crippen LogP contribution in [-0.4, -0.2) is 37.1 Å². The Kier molecular flexibility index (Phi) is 5.53. The first-order chi connectivity index (χ1) is 16.5. The fourth-order valence-electron chi connectivity index (χ4n) is 4.56. The first kappa shape index (κ1) is 22.0. The van der Waals surface area contributed by atoms with E-state index in [1.165, 1.54) is 23.8 Å². The molecule has 3 amide bonds. The molecule has 5 rings (SSSR count). The number of hydrogen-bond acceptors (Lipinski definition) is 5. The number of fused-ring (bicyclic) bond motifs is 2. The number of hydrogen-bond donors (Lipinski definition) is 1. The van der Waals surface area contributed by atoms with E-state index >= 15 is 0 Å². The Morgan fingerprint density at radius 2 is 1.82 bits per heavy atom. The molecule has 3 aromatic rings. The van der Waals surface area contributed by atoms with Crippen LogP contribution in [0.15, 0.2) is 72.8 Å². The van der Waals surface area contributed by atoms with Crippen LogP contribution in [-0.2, 0) is 19.3 Å². The Hall–Kier alpha value is -3.78. The number of nitrogens with one attached hydrogen (secondary N) is 1. The molecule has 2 heterocycles. The average Bonchev–Trinajstić information content (AvgIpc) is 3.30. The van der Waals surface area contributed by atoms with E-state index in [0.717, 1.165) is 5.56 Å². The number of benzene rings is 3. The van der Waals surface area contributed by atoms with E-state index in [2.05, 4.69) is 5.32 Å². The minimum absolute atomic E-state index is 0.140. The van der Waals surface area contributed by atoms with Gasteiger partial charge in [0.25, 0.3) is 5.91 Å². The van der Waals surface area contributed by atoms with E-state index in [1.54, 1.807) is 23.1 Å². The molecular weight excluding hydrogens is 450 g/mol. The van der Waals surface area contributed by atoms with Crippen molar-refractivity contribution in [3.8, 4) is 5.75 Å². The average molecular weight is 474 g/mol. The van der Waals surface area contributed by atoms with Gasteiger partial charge in [-0.25, -0.2) is 0 Å². The molecule has 3 aromatic carbocycles. The van der Waals surface area contributed by atoms with Gasteiger partial charge < -0.3 is 10.1 Å². The second-order valence-electron chi connectivity index (χ2n) is 8.16. The van der Waals surface area contributed by atoms with Gasteiger partial charge in [-0.3, -0.25) is 24.2 Å². The van der Waals surface area contributed by atoms with Gasteiger partial charge in [0.1, 0.15) is 12.3 Å². The third-order valence-corrected chi connectivity index (χ3v) is 7.39. The number of amides is 3. The maximum Gasteiger partial charge on any atom is 0.269 e. The quantitative estimate of drug-likeness (QED) is 0.608. The molecule has 0 aromatic heterocycles. The van der Waals surface area contributed by atoms with Crippen LogP contribution in [0, 0.1) is 6.92 Å². The molecule has 0 unspecified atom stereocenters. The molecule has 2 aliphatic heterocycles. The number of rotatable bonds is 5. The lowest BCUT2D eigenvalue weighted by molar-refractivity contribution is -0.124. The Morgan fingerprint density at radius 3 is 2.62 bits per heavy atom. The van der Waals surface area contributed by atoms with Crippen molar-refractivity contribution >= 4 is 46.5 Å². The lowest BCUT2D eigenvalue weighted by atomic mass is 10.0. The van der Waals surface area contributed by atoms with Crippen LogP contribution >= 0.6 is 11.8 Å². The first-order valence-electron chi connectivity index (χ1n) is 10.8. The topological polar surface area (TPSA) is 79.0 Å². The van der Waals surface area contributed by atoms with Crippen molar-refractivity contribution in [1.29, 1.82) is 0 Å². The number of nitrogens with zero attached hydrogens (tertiary/aromatic N) is 2. The maximum atomic E-state index is 14.0. The molecule has 2 aliphatic rings. The van der Waals surface area contributed by atoms with Crippen molar-refractivity contribution in [2.24, 2.45) is 0 Å². The maximum absolute atomic E-state index is 14.0. The second-order valence-corrected chi connectivity index (χ2v) is 9.33. The molecule has 0 aliphatic carbocycles. The van der Waals surface area contributed by atoms with Crippen LogP contribution in [0.2, 0.25) is 0 Å². The van der Waals surface area contributed by atoms with Crippen molar-refractivity contribution in [3.05, 3.63) is 83.9 Å². The van der Waals surface area contributed by atoms with Crippen LogP contribution in [0.25, 0.3) is 0 Å². The summed E-state index contributed by atoms with van der Waals surface area (Å²) in [6.07, 6.45) is 0. The van der Waals surface area contributed by atoms with Gasteiger partial charge in [0.05, 0.1) is 24.2 Å². The van der Waals surface area contributed by atoms with Gasteiger partial charge in [-0.05, 0) is 42.8 Å². The highest BCUT2D eigenvalue weighted by Crippen LogP contribution is 2.55. The SMILES string of the molecule is COc1ccccc1NC(=O)CN1C(=O)[C@]2(SCC(=O)N2c2cccc(C)c2)c2ccccc21. The minimum Gasteiger partial charge on any atom is -0.495 e. The molecule has 0 saturated carbocycles. The van der Waals surface area contributed by atoms with Crippen LogP contribution in [0.3, 0.4) is 0 Å². The van der Waals surface area contributed by atoms with Crippen LogP contribution < -0.4 is 19.9 Å². The first-order valence-corrected chi connectivity index (χ1v) is 11.8. The predicted octanol–water partition coefficient (Wildman–Crippen LogP) is 3.92. The molecule has 1 N–H and O–H groups in total. The molecule has 1 atom stereocenters. The number of methoxy groups -OCH3 is 1. The summed E-state index contributed by atoms with van der Waals surface area (Å²) in [6, 6.07) is 22.0. The van der Waals surface area contributed by atoms with Gasteiger partial charge in [0.2, 0.25) is 16.7 Å². The molecule has 8 heteroatoms. The van der Waals surface area contributed by atoms with Crippen molar-refractivity contribution < 1.29 is 19.1 Å². The molecule has 7 nitrogen and oxygen atoms in total. The highest BCUT2D eigenvalue weighted by atomic mass is 32.2. The number of thioether (sulfide) groups is 1. The monoisotopic (exact) mass is 473 g/mol. The molecule has 172 valence electrons. The Bertz CT molecular complexity index is 1310. The van der Waals surface area contributed by atoms with Crippen LogP contribution in [0.1, 0.15) is 11.1 Å². The Labute approximate surface area is 201 Å². The largest absolute Gasteiger partial charge is 0.495 e. The number of carbonyl (C=O) groups excluding carboxylic acids is 3. The van der Waals surface area contributed by atoms with Crippen LogP contribution in [0.4, 0.5) is 17.1 Å². The number of anilines is 3. The van der Waals surface area contributed by atoms with Gasteiger partial charge >= 0.3 is 0 Å². The normalized spacial score (nSPS) is 19.0. The van der Waals surface area contributed by atoms with Gasteiger partial charge in [0, 0.05) is 11.3 Å². The smallest absolute Gasteiger partial charge is 0.269 e. The predicted molar refractivity (Wildman–Crippen MR) is 133 cm³/mol. The second kappa shape index (κ2) is 8.53. The van der Waals surface area contributed by atoms with Gasteiger partial charge in [-0.1, -0.05) is 42.5 Å². The zero-order valence-electron chi connectivity index (χ0n) is 18.8. The van der Waals surface area contributed by atoms with E-state index in [9.17, 15) is 14.4 Å². The fraction of sp³-hybridized carbons (Fsp3) is 0.192. The summed E-state index contributed by atoms with van der Waals surface area (Å²) < 4.78 is 5.31. The van der Waals surface area contributed by atoms with E-state index < -0.39 is 4.87 Å². The summed E-state index contributed by atoms with van der Waals surface area (Å²) in [5.41, 5.74) is 3.52. The Balaban J connectivity index is 1.52. The number of ether oxygens (including phenoxy) is 1. The lowest BCUT2D eigenvalue weighted by Gasteiger charge is -2.33. The van der Waals surface area contributed by atoms with Crippen molar-refractivity contribution in [2.75, 3.05) is 34.5 Å². The highest BCUT2D eigenvalue weighted by molar-refractivity contribution is 8.02. The zero-order chi connectivity index (χ0) is 23.9. The minimum atomic E-state index is -1.24. The molecule has 1 spiro atoms. The number of carbonyl (C=O) groups is 3. The summed E-state index contributed by atoms with van der Waals surface area (Å²) in [5.74, 6) is -0.0978. The van der Waals surface area contributed by atoms with E-state index in [4.69, 9.17) is 4.74 Å². The molecule has 34 heavy (non-hydrogen) atoms. The molecule has 1 saturated heterocycles. The summed E-state index contributed by atoms with van der Waals surface area (Å²) in [4.78, 5) is 41.9. The molecule has 1 fully saturated rings. The lowest BCUT2D eigenvalue weighted by Crippen LogP contribution is -2.50. The molecule has 0 radical (unpaired) electrons. The molecular formula is C26H23N3O4S. The Morgan fingerprint density at radius 1 is 1.06 bits per heavy atom. The number of para-hydroxylation sites is 3. The van der Waals surface area contributed by atoms with Crippen molar-refractivity contribution in [2.45, 2.75) is 11.8 Å². The summed E-state index contributed by atoms with van der Waals surface area (Å²) in [6.45, 7) is 1.76. The third kappa shape index (κ3) is 3.42. The van der Waals surface area contributed by atoms with E-state index in [1.807, 2.05) is 61.5 Å². The summed E-state index contributed by atoms with van der Waals surface area (Å²) in [5, 5.41) is 2.83. The highest BCUT2D eigenvalue weighted by Gasteiger charge is 2.61. The number of aryl methyl sites for hydroxylation is 1. The van der Waals surface area contributed by atoms with Crippen LogP contribution in [0.5, 0.6) is 5.75 Å². The van der Waals surface area contributed by atoms with Crippen molar-refractivity contribution in [3.63, 3.8) is 0 Å². The van der Waals surface area contributed by atoms with Gasteiger partial charge in [-0.2, -0.15) is 0 Å². The summed E-state index contributed by atoms with van der Waals surface area (Å²) in [7, 11) is 1.53. The van der Waals surface area contributed by atoms with Gasteiger partial charge in [-0.15, -0.1) is 11.8 Å². The van der Waals surface area contributed by atoms with Crippen molar-refractivity contribution in [1.82, 2.24) is 0 Å². The van der Waals surface area contributed by atoms with Gasteiger partial charge in [0.15, 0.2) is 0 Å². The summed E-state index contributed by atoms with van der Waals surface area (Å²) >= 11 is 1.29. The van der Waals surface area contributed by atoms with E-state index in [-0.39, 0.29) is 30.0 Å². The zero-order valence-corrected chi connectivity index (χ0v) is 19.6.